The van der Waals surface area contributed by atoms with Crippen LogP contribution in [0.3, 0.4) is 0 Å². The van der Waals surface area contributed by atoms with E-state index in [4.69, 9.17) is 0 Å². The van der Waals surface area contributed by atoms with Crippen LogP contribution in [0.25, 0.3) is 0 Å². The number of rotatable bonds is 2. The summed E-state index contributed by atoms with van der Waals surface area (Å²) in [5.74, 6) is 0.999. The Morgan fingerprint density at radius 1 is 0.682 bits per heavy atom. The molecular weight excluding hydrogens is 270 g/mol. The lowest BCUT2D eigenvalue weighted by molar-refractivity contribution is -0.0372. The maximum Gasteiger partial charge on any atom is 0.0283 e. The second kappa shape index (κ2) is 6.78. The minimum Gasteiger partial charge on any atom is -0.306 e. The van der Waals surface area contributed by atoms with E-state index in [0.717, 1.165) is 24.0 Å². The fourth-order valence-corrected chi connectivity index (χ4v) is 5.94. The van der Waals surface area contributed by atoms with E-state index in [0.29, 0.717) is 0 Å². The molecule has 1 saturated carbocycles. The smallest absolute Gasteiger partial charge is 0.0283 e. The molecule has 4 fully saturated rings. The summed E-state index contributed by atoms with van der Waals surface area (Å²) in [6.45, 7) is 6.71. The first-order chi connectivity index (χ1) is 10.8. The van der Waals surface area contributed by atoms with Crippen molar-refractivity contribution in [3.8, 4) is 0 Å². The normalized spacial score (nSPS) is 37.5. The molecule has 0 amide bonds. The van der Waals surface area contributed by atoms with Gasteiger partial charge in [-0.25, -0.2) is 0 Å². The van der Waals surface area contributed by atoms with Gasteiger partial charge in [0.1, 0.15) is 0 Å². The van der Waals surface area contributed by atoms with Crippen LogP contribution < -0.4 is 0 Å². The van der Waals surface area contributed by atoms with Gasteiger partial charge in [-0.15, -0.1) is 0 Å². The molecule has 3 aliphatic heterocycles. The van der Waals surface area contributed by atoms with E-state index in [1.54, 1.807) is 0 Å². The predicted octanol–water partition coefficient (Wildman–Crippen LogP) is 2.81. The van der Waals surface area contributed by atoms with E-state index in [-0.39, 0.29) is 0 Å². The average Bonchev–Trinajstić information content (AvgIpc) is 3.04. The second-order valence-corrected chi connectivity index (χ2v) is 8.41. The monoisotopic (exact) mass is 305 g/mol. The highest BCUT2D eigenvalue weighted by molar-refractivity contribution is 5.01. The van der Waals surface area contributed by atoms with Gasteiger partial charge in [0.05, 0.1) is 0 Å². The number of fused-ring (bicyclic) bond motifs is 1. The Morgan fingerprint density at radius 2 is 1.45 bits per heavy atom. The lowest BCUT2D eigenvalue weighted by Crippen LogP contribution is -2.63. The first-order valence-corrected chi connectivity index (χ1v) is 10.0. The van der Waals surface area contributed by atoms with Gasteiger partial charge in [-0.3, -0.25) is 9.80 Å². The first kappa shape index (κ1) is 15.4. The molecule has 22 heavy (non-hydrogen) atoms. The van der Waals surface area contributed by atoms with Gasteiger partial charge in [-0.1, -0.05) is 19.3 Å². The minimum absolute atomic E-state index is 0.880. The lowest BCUT2D eigenvalue weighted by Gasteiger charge is -2.53. The second-order valence-electron chi connectivity index (χ2n) is 8.41. The molecule has 1 aliphatic carbocycles. The van der Waals surface area contributed by atoms with Crippen LogP contribution in [0, 0.1) is 5.92 Å². The molecule has 3 nitrogen and oxygen atoms in total. The molecule has 0 bridgehead atoms. The molecule has 0 radical (unpaired) electrons. The molecule has 126 valence electrons. The molecule has 0 N–H and O–H groups in total. The summed E-state index contributed by atoms with van der Waals surface area (Å²) in [5, 5.41) is 0. The van der Waals surface area contributed by atoms with Crippen LogP contribution in [-0.2, 0) is 0 Å². The Labute approximate surface area is 137 Å². The number of likely N-dealkylation sites (tertiary alicyclic amines) is 1. The van der Waals surface area contributed by atoms with Crippen LogP contribution in [-0.4, -0.2) is 72.6 Å². The molecule has 0 aromatic heterocycles. The van der Waals surface area contributed by atoms with E-state index in [1.807, 2.05) is 0 Å². The van der Waals surface area contributed by atoms with E-state index >= 15 is 0 Å². The summed E-state index contributed by atoms with van der Waals surface area (Å²) in [4.78, 5) is 8.40. The molecule has 3 heteroatoms. The summed E-state index contributed by atoms with van der Waals surface area (Å²) in [6.07, 6.45) is 13.3. The van der Waals surface area contributed by atoms with Gasteiger partial charge in [0.25, 0.3) is 0 Å². The zero-order valence-corrected chi connectivity index (χ0v) is 14.6. The number of nitrogens with zero attached hydrogens (tertiary/aromatic N) is 3. The summed E-state index contributed by atoms with van der Waals surface area (Å²) in [5.41, 5.74) is 0. The van der Waals surface area contributed by atoms with Crippen molar-refractivity contribution in [1.82, 2.24) is 14.7 Å². The largest absolute Gasteiger partial charge is 0.306 e. The molecule has 3 saturated heterocycles. The number of piperidine rings is 1. The van der Waals surface area contributed by atoms with Crippen molar-refractivity contribution in [2.75, 3.05) is 39.8 Å². The molecule has 4 aliphatic rings. The van der Waals surface area contributed by atoms with Crippen molar-refractivity contribution in [2.24, 2.45) is 5.92 Å². The van der Waals surface area contributed by atoms with Crippen LogP contribution in [0.4, 0.5) is 0 Å². The third-order valence-corrected chi connectivity index (χ3v) is 7.13. The molecule has 3 heterocycles. The standard InChI is InChI=1S/C19H35N3/c1-20-12-9-17(10-13-20)22-15-14-21-11-5-8-18(21)19(22)16-6-3-2-4-7-16/h16-19H,2-15H2,1H3/t18-,19+/m1/s1. The van der Waals surface area contributed by atoms with Crippen molar-refractivity contribution < 1.29 is 0 Å². The van der Waals surface area contributed by atoms with Gasteiger partial charge >= 0.3 is 0 Å². The summed E-state index contributed by atoms with van der Waals surface area (Å²) in [6, 6.07) is 2.67. The van der Waals surface area contributed by atoms with Crippen LogP contribution in [0.1, 0.15) is 57.8 Å². The molecule has 0 unspecified atom stereocenters. The maximum atomic E-state index is 3.02. The first-order valence-electron chi connectivity index (χ1n) is 10.0. The van der Waals surface area contributed by atoms with Gasteiger partial charge in [0.2, 0.25) is 0 Å². The zero-order chi connectivity index (χ0) is 14.9. The van der Waals surface area contributed by atoms with E-state index < -0.39 is 0 Å². The number of piperazine rings is 1. The maximum absolute atomic E-state index is 3.02. The third kappa shape index (κ3) is 2.97. The Balaban J connectivity index is 1.52. The Bertz CT molecular complexity index is 358. The topological polar surface area (TPSA) is 9.72 Å². The van der Waals surface area contributed by atoms with Crippen molar-refractivity contribution in [1.29, 1.82) is 0 Å². The molecule has 2 atom stereocenters. The lowest BCUT2D eigenvalue weighted by atomic mass is 9.78. The van der Waals surface area contributed by atoms with Crippen LogP contribution in [0.15, 0.2) is 0 Å². The fraction of sp³-hybridized carbons (Fsp3) is 1.00. The Morgan fingerprint density at radius 3 is 2.23 bits per heavy atom. The quantitative estimate of drug-likeness (QED) is 0.777. The Kier molecular flexibility index (Phi) is 4.75. The highest BCUT2D eigenvalue weighted by atomic mass is 15.3. The van der Waals surface area contributed by atoms with Gasteiger partial charge in [-0.05, 0) is 71.1 Å². The molecule has 0 aromatic carbocycles. The molecule has 0 spiro atoms. The molecule has 0 aromatic rings. The predicted molar refractivity (Wildman–Crippen MR) is 92.2 cm³/mol. The molecule has 4 rings (SSSR count). The number of hydrogen-bond acceptors (Lipinski definition) is 3. The SMILES string of the molecule is CN1CCC(N2CCN3CCC[C@@H]3[C@@H]2C2CCCCC2)CC1. The average molecular weight is 306 g/mol. The van der Waals surface area contributed by atoms with Crippen molar-refractivity contribution in [3.63, 3.8) is 0 Å². The van der Waals surface area contributed by atoms with Crippen LogP contribution in [0.5, 0.6) is 0 Å². The van der Waals surface area contributed by atoms with Crippen molar-refractivity contribution in [3.05, 3.63) is 0 Å². The van der Waals surface area contributed by atoms with E-state index in [1.165, 1.54) is 90.5 Å². The van der Waals surface area contributed by atoms with Gasteiger partial charge in [0.15, 0.2) is 0 Å². The highest BCUT2D eigenvalue weighted by Crippen LogP contribution is 2.39. The van der Waals surface area contributed by atoms with Gasteiger partial charge in [0, 0.05) is 31.2 Å². The Hall–Kier alpha value is -0.120. The van der Waals surface area contributed by atoms with Crippen molar-refractivity contribution >= 4 is 0 Å². The van der Waals surface area contributed by atoms with Gasteiger partial charge < -0.3 is 4.90 Å². The fourth-order valence-electron chi connectivity index (χ4n) is 5.94. The number of hydrogen-bond donors (Lipinski definition) is 0. The van der Waals surface area contributed by atoms with Gasteiger partial charge in [-0.2, -0.15) is 0 Å². The summed E-state index contributed by atoms with van der Waals surface area (Å²) >= 11 is 0. The molecular formula is C19H35N3. The third-order valence-electron chi connectivity index (χ3n) is 7.13. The highest BCUT2D eigenvalue weighted by Gasteiger charge is 2.45. The summed E-state index contributed by atoms with van der Waals surface area (Å²) < 4.78 is 0. The van der Waals surface area contributed by atoms with E-state index in [2.05, 4.69) is 21.7 Å². The van der Waals surface area contributed by atoms with E-state index in [9.17, 15) is 0 Å². The zero-order valence-electron chi connectivity index (χ0n) is 14.6. The minimum atomic E-state index is 0.880. The van der Waals surface area contributed by atoms with Crippen LogP contribution in [0.2, 0.25) is 0 Å². The van der Waals surface area contributed by atoms with Crippen molar-refractivity contribution in [2.45, 2.75) is 75.9 Å². The van der Waals surface area contributed by atoms with Crippen LogP contribution >= 0.6 is 0 Å². The summed E-state index contributed by atoms with van der Waals surface area (Å²) in [7, 11) is 2.30.